The molecule has 7 nitrogen and oxygen atoms in total. The fraction of sp³-hybridized carbons (Fsp3) is 0.214. The van der Waals surface area contributed by atoms with Gasteiger partial charge in [0.05, 0.1) is 31.7 Å². The Hall–Kier alpha value is -4.33. The van der Waals surface area contributed by atoms with E-state index in [1.165, 1.54) is 24.3 Å². The van der Waals surface area contributed by atoms with E-state index in [9.17, 15) is 14.0 Å². The topological polar surface area (TPSA) is 78.2 Å². The number of para-hydroxylation sites is 1. The molecule has 1 aromatic heterocycles. The summed E-state index contributed by atoms with van der Waals surface area (Å²) in [7, 11) is 3.11. The van der Waals surface area contributed by atoms with Crippen molar-refractivity contribution >= 4 is 16.9 Å². The van der Waals surface area contributed by atoms with Crippen LogP contribution in [0.15, 0.2) is 75.9 Å². The third-order valence-electron chi connectivity index (χ3n) is 6.34. The van der Waals surface area contributed by atoms with Gasteiger partial charge in [0.15, 0.2) is 11.5 Å². The highest BCUT2D eigenvalue weighted by atomic mass is 19.1. The molecule has 1 aliphatic heterocycles. The third-order valence-corrected chi connectivity index (χ3v) is 6.34. The second-order valence-electron chi connectivity index (χ2n) is 8.42. The first kappa shape index (κ1) is 23.4. The lowest BCUT2D eigenvalue weighted by Crippen LogP contribution is -2.42. The summed E-state index contributed by atoms with van der Waals surface area (Å²) in [6.07, 6.45) is 0.575. The Morgan fingerprint density at radius 2 is 1.78 bits per heavy atom. The Morgan fingerprint density at radius 3 is 2.56 bits per heavy atom. The number of ether oxygens (including phenoxy) is 3. The largest absolute Gasteiger partial charge is 0.493 e. The maximum absolute atomic E-state index is 13.9. The van der Waals surface area contributed by atoms with Crippen molar-refractivity contribution in [3.63, 3.8) is 0 Å². The zero-order valence-electron chi connectivity index (χ0n) is 19.8. The van der Waals surface area contributed by atoms with E-state index in [2.05, 4.69) is 0 Å². The normalized spacial score (nSPS) is 14.9. The van der Waals surface area contributed by atoms with Crippen molar-refractivity contribution in [2.45, 2.75) is 12.5 Å². The number of rotatable bonds is 6. The molecule has 1 amide bonds. The highest BCUT2D eigenvalue weighted by molar-refractivity contribution is 5.94. The number of hydrogen-bond acceptors (Lipinski definition) is 6. The molecule has 184 valence electrons. The van der Waals surface area contributed by atoms with Crippen molar-refractivity contribution in [3.05, 3.63) is 99.7 Å². The van der Waals surface area contributed by atoms with Crippen LogP contribution < -0.4 is 19.8 Å². The highest BCUT2D eigenvalue weighted by Gasteiger charge is 2.33. The fourth-order valence-corrected chi connectivity index (χ4v) is 4.61. The van der Waals surface area contributed by atoms with Crippen LogP contribution in [0.2, 0.25) is 0 Å². The predicted molar refractivity (Wildman–Crippen MR) is 131 cm³/mol. The summed E-state index contributed by atoms with van der Waals surface area (Å²) in [4.78, 5) is 27.3. The molecule has 5 rings (SSSR count). The number of fused-ring (bicyclic) bond motifs is 2. The SMILES string of the molecule is COc1cc2c(cc1OC)C(COc1cc(=O)oc3ccccc13)N(C(=O)c1cccc(F)c1)CC2. The third kappa shape index (κ3) is 4.37. The van der Waals surface area contributed by atoms with Crippen LogP contribution in [0, 0.1) is 5.82 Å². The van der Waals surface area contributed by atoms with Crippen LogP contribution >= 0.6 is 0 Å². The number of amides is 1. The summed E-state index contributed by atoms with van der Waals surface area (Å²) in [5, 5.41) is 0.642. The Bertz CT molecular complexity index is 1500. The maximum Gasteiger partial charge on any atom is 0.339 e. The number of benzene rings is 3. The Morgan fingerprint density at radius 1 is 1.00 bits per heavy atom. The minimum absolute atomic E-state index is 0.0526. The quantitative estimate of drug-likeness (QED) is 0.363. The van der Waals surface area contributed by atoms with Crippen LogP contribution in [0.5, 0.6) is 17.2 Å². The molecule has 1 atom stereocenters. The summed E-state index contributed by atoms with van der Waals surface area (Å²) in [5.41, 5.74) is 1.93. The standard InChI is InChI=1S/C28H24FNO6/c1-33-25-13-17-10-11-30(28(32)18-6-5-7-19(29)12-18)22(21(17)14-26(25)34-2)16-35-24-15-27(31)36-23-9-4-3-8-20(23)24/h3-9,12-15,22H,10-11,16H2,1-2H3. The maximum atomic E-state index is 13.9. The zero-order chi connectivity index (χ0) is 25.2. The summed E-state index contributed by atoms with van der Waals surface area (Å²) in [6.45, 7) is 0.445. The first-order chi connectivity index (χ1) is 17.5. The van der Waals surface area contributed by atoms with Gasteiger partial charge in [-0.15, -0.1) is 0 Å². The van der Waals surface area contributed by atoms with Crippen molar-refractivity contribution in [2.24, 2.45) is 0 Å². The van der Waals surface area contributed by atoms with Crippen molar-refractivity contribution < 1.29 is 27.8 Å². The molecule has 3 aromatic carbocycles. The lowest BCUT2D eigenvalue weighted by molar-refractivity contribution is 0.0589. The summed E-state index contributed by atoms with van der Waals surface area (Å²) >= 11 is 0. The number of methoxy groups -OCH3 is 2. The first-order valence-electron chi connectivity index (χ1n) is 11.5. The van der Waals surface area contributed by atoms with E-state index in [4.69, 9.17) is 18.6 Å². The van der Waals surface area contributed by atoms with Gasteiger partial charge >= 0.3 is 5.63 Å². The average molecular weight is 489 g/mol. The second kappa shape index (κ2) is 9.73. The average Bonchev–Trinajstić information content (AvgIpc) is 2.90. The number of halogens is 1. The predicted octanol–water partition coefficient (Wildman–Crippen LogP) is 4.77. The van der Waals surface area contributed by atoms with Crippen LogP contribution in [0.3, 0.4) is 0 Å². The van der Waals surface area contributed by atoms with Gasteiger partial charge in [-0.05, 0) is 60.0 Å². The van der Waals surface area contributed by atoms with Crippen molar-refractivity contribution in [1.82, 2.24) is 4.90 Å². The van der Waals surface area contributed by atoms with Crippen LogP contribution in [0.25, 0.3) is 11.0 Å². The zero-order valence-corrected chi connectivity index (χ0v) is 19.8. The van der Waals surface area contributed by atoms with Crippen molar-refractivity contribution in [1.29, 1.82) is 0 Å². The fourth-order valence-electron chi connectivity index (χ4n) is 4.61. The van der Waals surface area contributed by atoms with Gasteiger partial charge in [-0.2, -0.15) is 0 Å². The van der Waals surface area contributed by atoms with Gasteiger partial charge in [0.2, 0.25) is 0 Å². The molecule has 0 fully saturated rings. The first-order valence-corrected chi connectivity index (χ1v) is 11.5. The molecular weight excluding hydrogens is 465 g/mol. The minimum Gasteiger partial charge on any atom is -0.493 e. The molecule has 0 aliphatic carbocycles. The Kier molecular flexibility index (Phi) is 6.33. The Balaban J connectivity index is 1.56. The summed E-state index contributed by atoms with van der Waals surface area (Å²) < 4.78 is 36.3. The molecule has 8 heteroatoms. The van der Waals surface area contributed by atoms with E-state index >= 15 is 0 Å². The molecule has 0 bridgehead atoms. The molecule has 1 aliphatic rings. The van der Waals surface area contributed by atoms with Gasteiger partial charge in [0.1, 0.15) is 23.8 Å². The van der Waals surface area contributed by atoms with Crippen LogP contribution in [0.4, 0.5) is 4.39 Å². The van der Waals surface area contributed by atoms with Crippen molar-refractivity contribution in [3.8, 4) is 17.2 Å². The second-order valence-corrected chi connectivity index (χ2v) is 8.42. The van der Waals surface area contributed by atoms with E-state index in [-0.39, 0.29) is 18.1 Å². The Labute approximate surface area is 206 Å². The van der Waals surface area contributed by atoms with Gasteiger partial charge in [0, 0.05) is 12.1 Å². The number of carbonyl (C=O) groups is 1. The van der Waals surface area contributed by atoms with E-state index in [1.54, 1.807) is 43.4 Å². The minimum atomic E-state index is -0.535. The molecule has 0 N–H and O–H groups in total. The van der Waals surface area contributed by atoms with Crippen LogP contribution in [0.1, 0.15) is 27.5 Å². The lowest BCUT2D eigenvalue weighted by Gasteiger charge is -2.37. The molecule has 1 unspecified atom stereocenters. The van der Waals surface area contributed by atoms with Crippen LogP contribution in [-0.4, -0.2) is 38.2 Å². The molecule has 4 aromatic rings. The molecule has 36 heavy (non-hydrogen) atoms. The van der Waals surface area contributed by atoms with E-state index < -0.39 is 17.5 Å². The molecule has 2 heterocycles. The van der Waals surface area contributed by atoms with E-state index in [0.717, 1.165) is 11.1 Å². The molecular formula is C28H24FNO6. The van der Waals surface area contributed by atoms with Gasteiger partial charge in [-0.3, -0.25) is 4.79 Å². The summed E-state index contributed by atoms with van der Waals surface area (Å²) in [5.74, 6) is 0.660. The van der Waals surface area contributed by atoms with Gasteiger partial charge in [0.25, 0.3) is 5.91 Å². The number of carbonyl (C=O) groups excluding carboxylic acids is 1. The number of nitrogens with zero attached hydrogens (tertiary/aromatic N) is 1. The molecule has 0 spiro atoms. The van der Waals surface area contributed by atoms with E-state index in [0.29, 0.717) is 41.2 Å². The van der Waals surface area contributed by atoms with Crippen molar-refractivity contribution in [2.75, 3.05) is 27.4 Å². The van der Waals surface area contributed by atoms with Crippen LogP contribution in [-0.2, 0) is 6.42 Å². The summed E-state index contributed by atoms with van der Waals surface area (Å²) in [6, 6.07) is 17.2. The van der Waals surface area contributed by atoms with Gasteiger partial charge < -0.3 is 23.5 Å². The van der Waals surface area contributed by atoms with Gasteiger partial charge in [-0.25, -0.2) is 9.18 Å². The highest BCUT2D eigenvalue weighted by Crippen LogP contribution is 2.39. The lowest BCUT2D eigenvalue weighted by atomic mass is 9.91. The number of hydrogen-bond donors (Lipinski definition) is 0. The molecule has 0 saturated carbocycles. The smallest absolute Gasteiger partial charge is 0.339 e. The molecule has 0 radical (unpaired) electrons. The van der Waals surface area contributed by atoms with E-state index in [1.807, 2.05) is 18.2 Å². The monoisotopic (exact) mass is 489 g/mol. The molecule has 0 saturated heterocycles. The van der Waals surface area contributed by atoms with Gasteiger partial charge in [-0.1, -0.05) is 18.2 Å².